The minimum atomic E-state index is -0.887. The highest BCUT2D eigenvalue weighted by molar-refractivity contribution is 5.73. The highest BCUT2D eigenvalue weighted by atomic mass is 35.5. The maximum absolute atomic E-state index is 11.4. The van der Waals surface area contributed by atoms with Crippen molar-refractivity contribution in [1.82, 2.24) is 0 Å². The second-order valence-electron chi connectivity index (χ2n) is 4.21. The number of quaternary nitrogens is 1. The van der Waals surface area contributed by atoms with E-state index in [1.54, 1.807) is 20.4 Å². The van der Waals surface area contributed by atoms with Crippen LogP contribution in [0.4, 0.5) is 0 Å². The lowest BCUT2D eigenvalue weighted by molar-refractivity contribution is -0.412. The van der Waals surface area contributed by atoms with Crippen LogP contribution in [0, 0.1) is 0 Å². The van der Waals surface area contributed by atoms with E-state index in [1.807, 2.05) is 18.3 Å². The number of methoxy groups -OCH3 is 3. The molecule has 0 saturated carbocycles. The van der Waals surface area contributed by atoms with Gasteiger partial charge in [-0.05, 0) is 6.07 Å². The Labute approximate surface area is 137 Å². The van der Waals surface area contributed by atoms with Crippen LogP contribution in [-0.2, 0) is 24.8 Å². The Hall–Kier alpha value is -0.920. The number of aromatic nitrogens is 1. The molecule has 0 amide bonds. The standard InChI is InChI=1S/C13H20N2O4.2ClH/c1-17-12(16)11(14)6-7-13(18-2,19-3)10-5-4-8-15-9-10;;/h4-5,8-9,11H,6-7,14H2,1-3H3;2*1H/t11-;;/m0../s1. The fraction of sp³-hybridized carbons (Fsp3) is 0.538. The molecule has 1 atom stereocenters. The van der Waals surface area contributed by atoms with Gasteiger partial charge < -0.3 is 44.8 Å². The van der Waals surface area contributed by atoms with Crippen molar-refractivity contribution < 1.29 is 54.5 Å². The smallest absolute Gasteiger partial charge is 0.364 e. The first-order valence-electron chi connectivity index (χ1n) is 6.07. The van der Waals surface area contributed by atoms with Gasteiger partial charge in [-0.15, -0.1) is 0 Å². The second kappa shape index (κ2) is 10.8. The predicted octanol–water partition coefficient (Wildman–Crippen LogP) is -6.48. The molecule has 0 bridgehead atoms. The minimum Gasteiger partial charge on any atom is -1.00 e. The normalized spacial score (nSPS) is 11.8. The molecular formula is C13H22Cl2N2O4. The lowest BCUT2D eigenvalue weighted by Gasteiger charge is -2.30. The van der Waals surface area contributed by atoms with Crippen LogP contribution < -0.4 is 35.5 Å². The van der Waals surface area contributed by atoms with Crippen molar-refractivity contribution in [1.29, 1.82) is 0 Å². The molecule has 1 rings (SSSR count). The fourth-order valence-electron chi connectivity index (χ4n) is 1.95. The molecule has 0 unspecified atom stereocenters. The van der Waals surface area contributed by atoms with Crippen molar-refractivity contribution in [3.63, 3.8) is 0 Å². The molecule has 6 nitrogen and oxygen atoms in total. The van der Waals surface area contributed by atoms with Gasteiger partial charge in [-0.2, -0.15) is 0 Å². The Balaban J connectivity index is 0. The number of esters is 1. The van der Waals surface area contributed by atoms with E-state index in [0.29, 0.717) is 12.8 Å². The number of ether oxygens (including phenoxy) is 3. The summed E-state index contributed by atoms with van der Waals surface area (Å²) in [6, 6.07) is 3.33. The van der Waals surface area contributed by atoms with E-state index in [0.717, 1.165) is 5.56 Å². The van der Waals surface area contributed by atoms with Gasteiger partial charge in [0.15, 0.2) is 24.2 Å². The lowest BCUT2D eigenvalue weighted by atomic mass is 9.99. The molecule has 0 saturated heterocycles. The number of carbonyl (C=O) groups is 1. The number of hydrogen-bond acceptors (Lipinski definition) is 4. The molecule has 0 aliphatic rings. The van der Waals surface area contributed by atoms with Crippen molar-refractivity contribution in [2.24, 2.45) is 0 Å². The lowest BCUT2D eigenvalue weighted by Crippen LogP contribution is -3.00. The van der Waals surface area contributed by atoms with E-state index in [-0.39, 0.29) is 30.8 Å². The topological polar surface area (TPSA) is 86.5 Å². The summed E-state index contributed by atoms with van der Waals surface area (Å²) in [5.74, 6) is -1.22. The van der Waals surface area contributed by atoms with Gasteiger partial charge >= 0.3 is 5.97 Å². The molecule has 8 heteroatoms. The molecule has 21 heavy (non-hydrogen) atoms. The third-order valence-corrected chi connectivity index (χ3v) is 3.16. The number of rotatable bonds is 7. The summed E-state index contributed by atoms with van der Waals surface area (Å²) in [4.78, 5) is 14.4. The monoisotopic (exact) mass is 340 g/mol. The number of hydrogen-bond donors (Lipinski definition) is 1. The third-order valence-electron chi connectivity index (χ3n) is 3.16. The molecular weight excluding hydrogens is 319 g/mol. The van der Waals surface area contributed by atoms with E-state index < -0.39 is 11.8 Å². The molecule has 0 radical (unpaired) electrons. The molecule has 0 fully saturated rings. The molecule has 1 heterocycles. The van der Waals surface area contributed by atoms with Crippen LogP contribution in [0.1, 0.15) is 18.4 Å². The Morgan fingerprint density at radius 3 is 2.38 bits per heavy atom. The zero-order valence-electron chi connectivity index (χ0n) is 12.4. The van der Waals surface area contributed by atoms with Gasteiger partial charge in [-0.1, -0.05) is 0 Å². The largest absolute Gasteiger partial charge is 1.00 e. The SMILES string of the molecule is COC(=O)[C@@H]([NH3+])CCC(OC)(OC)c1ccc[nH+]c1.[Cl-].[Cl-]. The van der Waals surface area contributed by atoms with Crippen LogP contribution in [0.3, 0.4) is 0 Å². The average Bonchev–Trinajstić information content (AvgIpc) is 2.48. The van der Waals surface area contributed by atoms with Crippen molar-refractivity contribution in [2.45, 2.75) is 24.7 Å². The number of carbonyl (C=O) groups excluding carboxylic acids is 1. The van der Waals surface area contributed by atoms with Gasteiger partial charge in [-0.25, -0.2) is 9.78 Å². The average molecular weight is 341 g/mol. The molecule has 1 aromatic rings. The van der Waals surface area contributed by atoms with Gasteiger partial charge in [-0.3, -0.25) is 0 Å². The van der Waals surface area contributed by atoms with Crippen LogP contribution >= 0.6 is 0 Å². The quantitative estimate of drug-likeness (QED) is 0.395. The summed E-state index contributed by atoms with van der Waals surface area (Å²) >= 11 is 0. The zero-order valence-corrected chi connectivity index (χ0v) is 13.9. The van der Waals surface area contributed by atoms with E-state index in [2.05, 4.69) is 15.5 Å². The number of nitrogens with one attached hydrogen (secondary N) is 1. The zero-order chi connectivity index (χ0) is 14.3. The van der Waals surface area contributed by atoms with Crippen LogP contribution in [0.25, 0.3) is 0 Å². The third kappa shape index (κ3) is 5.76. The van der Waals surface area contributed by atoms with Crippen molar-refractivity contribution in [3.8, 4) is 0 Å². The molecule has 0 aliphatic carbocycles. The fourth-order valence-corrected chi connectivity index (χ4v) is 1.95. The van der Waals surface area contributed by atoms with E-state index >= 15 is 0 Å². The first-order chi connectivity index (χ1) is 9.09. The minimum absolute atomic E-state index is 0. The first kappa shape index (κ1) is 22.4. The molecule has 0 aliphatic heterocycles. The Morgan fingerprint density at radius 2 is 1.95 bits per heavy atom. The number of H-pyrrole nitrogens is 1. The Kier molecular flexibility index (Phi) is 11.5. The molecule has 1 aromatic heterocycles. The van der Waals surface area contributed by atoms with Crippen LogP contribution in [0.15, 0.2) is 24.5 Å². The summed E-state index contributed by atoms with van der Waals surface area (Å²) in [5, 5.41) is 0. The van der Waals surface area contributed by atoms with Crippen molar-refractivity contribution in [3.05, 3.63) is 30.1 Å². The second-order valence-corrected chi connectivity index (χ2v) is 4.21. The van der Waals surface area contributed by atoms with Crippen molar-refractivity contribution >= 4 is 5.97 Å². The highest BCUT2D eigenvalue weighted by Crippen LogP contribution is 2.30. The van der Waals surface area contributed by atoms with Crippen molar-refractivity contribution in [2.75, 3.05) is 21.3 Å². The summed E-state index contributed by atoms with van der Waals surface area (Å²) in [6.07, 6.45) is 4.62. The van der Waals surface area contributed by atoms with E-state index in [1.165, 1.54) is 7.11 Å². The highest BCUT2D eigenvalue weighted by Gasteiger charge is 2.35. The van der Waals surface area contributed by atoms with Crippen LogP contribution in [0.5, 0.6) is 0 Å². The molecule has 0 spiro atoms. The predicted molar refractivity (Wildman–Crippen MR) is 66.6 cm³/mol. The molecule has 4 N–H and O–H groups in total. The van der Waals surface area contributed by atoms with Gasteiger partial charge in [0.1, 0.15) is 0 Å². The van der Waals surface area contributed by atoms with Crippen LogP contribution in [-0.4, -0.2) is 33.3 Å². The van der Waals surface area contributed by atoms with Gasteiger partial charge in [0.2, 0.25) is 0 Å². The van der Waals surface area contributed by atoms with E-state index in [9.17, 15) is 4.79 Å². The van der Waals surface area contributed by atoms with Gasteiger partial charge in [0.05, 0.1) is 12.7 Å². The molecule has 122 valence electrons. The van der Waals surface area contributed by atoms with Gasteiger partial charge in [0.25, 0.3) is 0 Å². The summed E-state index contributed by atoms with van der Waals surface area (Å²) < 4.78 is 15.7. The van der Waals surface area contributed by atoms with Gasteiger partial charge in [0, 0.05) is 33.1 Å². The molecule has 0 aromatic carbocycles. The number of halogens is 2. The first-order valence-corrected chi connectivity index (χ1v) is 6.07. The van der Waals surface area contributed by atoms with E-state index in [4.69, 9.17) is 9.47 Å². The summed E-state index contributed by atoms with van der Waals surface area (Å²) in [5.41, 5.74) is 4.64. The summed E-state index contributed by atoms with van der Waals surface area (Å²) in [7, 11) is 4.51. The Morgan fingerprint density at radius 1 is 1.33 bits per heavy atom. The number of pyridine rings is 1. The maximum atomic E-state index is 11.4. The maximum Gasteiger partial charge on any atom is 0.364 e. The Bertz CT molecular complexity index is 402. The summed E-state index contributed by atoms with van der Waals surface area (Å²) in [6.45, 7) is 0. The van der Waals surface area contributed by atoms with Crippen LogP contribution in [0.2, 0.25) is 0 Å². The number of aromatic amines is 1.